The van der Waals surface area contributed by atoms with Crippen LogP contribution in [-0.2, 0) is 19.2 Å². The van der Waals surface area contributed by atoms with E-state index in [1.54, 1.807) is 4.90 Å². The molecule has 4 aliphatic rings. The number of ketones is 1. The van der Waals surface area contributed by atoms with Crippen LogP contribution in [0.25, 0.3) is 0 Å². The molecule has 1 heterocycles. The van der Waals surface area contributed by atoms with Gasteiger partial charge in [0, 0.05) is 12.1 Å². The van der Waals surface area contributed by atoms with Crippen LogP contribution in [0.4, 0.5) is 4.79 Å². The van der Waals surface area contributed by atoms with Gasteiger partial charge in [0.1, 0.15) is 12.1 Å². The molecule has 4 rings (SSSR count). The molecule has 0 aromatic rings. The van der Waals surface area contributed by atoms with Gasteiger partial charge >= 0.3 is 6.03 Å². The molecule has 10 heteroatoms. The summed E-state index contributed by atoms with van der Waals surface area (Å²) in [7, 11) is 0. The molecule has 0 aromatic carbocycles. The first kappa shape index (κ1) is 29.3. The lowest BCUT2D eigenvalue weighted by Crippen LogP contribution is -2.61. The van der Waals surface area contributed by atoms with E-state index in [0.29, 0.717) is 13.0 Å². The van der Waals surface area contributed by atoms with E-state index in [1.165, 1.54) is 0 Å². The Balaban J connectivity index is 1.55. The van der Waals surface area contributed by atoms with E-state index in [0.717, 1.165) is 51.4 Å². The fraction of sp³-hybridized carbons (Fsp3) is 0.828. The van der Waals surface area contributed by atoms with Crippen LogP contribution in [0.3, 0.4) is 0 Å². The number of nitrogens with zero attached hydrogens (tertiary/aromatic N) is 1. The van der Waals surface area contributed by atoms with Crippen molar-refractivity contribution in [1.29, 1.82) is 0 Å². The summed E-state index contributed by atoms with van der Waals surface area (Å²) in [5, 5.41) is 8.68. The normalized spacial score (nSPS) is 27.9. The lowest BCUT2D eigenvalue weighted by molar-refractivity contribution is -0.144. The third-order valence-corrected chi connectivity index (χ3v) is 9.59. The molecule has 1 aliphatic heterocycles. The molecule has 10 nitrogen and oxygen atoms in total. The van der Waals surface area contributed by atoms with Crippen LogP contribution in [0, 0.1) is 29.1 Å². The Morgan fingerprint density at radius 1 is 0.949 bits per heavy atom. The van der Waals surface area contributed by atoms with Crippen molar-refractivity contribution in [3.8, 4) is 0 Å². The zero-order chi connectivity index (χ0) is 28.7. The molecule has 5 atom stereocenters. The summed E-state index contributed by atoms with van der Waals surface area (Å²) in [6.07, 6.45) is 8.13. The zero-order valence-corrected chi connectivity index (χ0v) is 24.2. The van der Waals surface area contributed by atoms with E-state index in [2.05, 4.69) is 29.8 Å². The first-order chi connectivity index (χ1) is 18.2. The van der Waals surface area contributed by atoms with Gasteiger partial charge in [0.2, 0.25) is 17.6 Å². The van der Waals surface area contributed by atoms with Crippen molar-refractivity contribution in [2.24, 2.45) is 34.8 Å². The molecule has 0 bridgehead atoms. The van der Waals surface area contributed by atoms with E-state index >= 15 is 0 Å². The van der Waals surface area contributed by atoms with Crippen LogP contribution in [0.5, 0.6) is 0 Å². The Hall–Kier alpha value is -2.65. The number of urea groups is 1. The molecule has 39 heavy (non-hydrogen) atoms. The zero-order valence-electron chi connectivity index (χ0n) is 24.2. The quantitative estimate of drug-likeness (QED) is 0.328. The van der Waals surface area contributed by atoms with Crippen molar-refractivity contribution in [2.45, 2.75) is 116 Å². The fourth-order valence-corrected chi connectivity index (χ4v) is 7.08. The summed E-state index contributed by atoms with van der Waals surface area (Å²) in [6.45, 7) is 10.3. The van der Waals surface area contributed by atoms with Gasteiger partial charge in [-0.05, 0) is 69.1 Å². The van der Waals surface area contributed by atoms with E-state index in [1.807, 2.05) is 20.8 Å². The number of likely N-dealkylation sites (tertiary alicyclic amines) is 1. The molecule has 218 valence electrons. The Morgan fingerprint density at radius 2 is 1.59 bits per heavy atom. The highest BCUT2D eigenvalue weighted by molar-refractivity contribution is 6.37. The van der Waals surface area contributed by atoms with E-state index in [9.17, 15) is 24.0 Å². The Bertz CT molecular complexity index is 995. The van der Waals surface area contributed by atoms with Crippen LogP contribution >= 0.6 is 0 Å². The van der Waals surface area contributed by atoms with Gasteiger partial charge in [0.05, 0.1) is 6.04 Å². The average Bonchev–Trinajstić information content (AvgIpc) is 3.15. The third kappa shape index (κ3) is 6.40. The Morgan fingerprint density at radius 3 is 2.13 bits per heavy atom. The first-order valence-corrected chi connectivity index (χ1v) is 14.7. The standard InChI is InChI=1S/C29H47N5O5/c1-28(2,3)33-27(39)32-21(17-12-7-6-8-13-17)26(38)34-15-18-20(29(18,4)5)22(34)25(37)31-19(23(35)24(30)36)14-16-10-9-11-16/h16-22H,6-15H2,1-5H3,(H2,30,36)(H,31,37)(H2,32,33,39)/t18-,19-,20-,21-,22-/m0/s1. The number of hydrogen-bond donors (Lipinski definition) is 4. The topological polar surface area (TPSA) is 151 Å². The van der Waals surface area contributed by atoms with Gasteiger partial charge in [0.15, 0.2) is 0 Å². The van der Waals surface area contributed by atoms with Crippen molar-refractivity contribution in [3.63, 3.8) is 0 Å². The number of nitrogens with one attached hydrogen (secondary N) is 3. The number of fused-ring (bicyclic) bond motifs is 1. The first-order valence-electron chi connectivity index (χ1n) is 14.7. The molecular weight excluding hydrogens is 498 g/mol. The van der Waals surface area contributed by atoms with Crippen molar-refractivity contribution in [3.05, 3.63) is 0 Å². The van der Waals surface area contributed by atoms with Gasteiger partial charge in [-0.3, -0.25) is 19.2 Å². The molecule has 3 saturated carbocycles. The lowest BCUT2D eigenvalue weighted by atomic mass is 9.80. The number of carbonyl (C=O) groups is 5. The largest absolute Gasteiger partial charge is 0.363 e. The summed E-state index contributed by atoms with van der Waals surface area (Å²) in [4.78, 5) is 66.9. The Labute approximate surface area is 231 Å². The van der Waals surface area contributed by atoms with Crippen molar-refractivity contribution in [2.75, 3.05) is 6.54 Å². The fourth-order valence-electron chi connectivity index (χ4n) is 7.08. The predicted molar refractivity (Wildman–Crippen MR) is 146 cm³/mol. The second kappa shape index (κ2) is 11.1. The third-order valence-electron chi connectivity index (χ3n) is 9.59. The molecule has 4 fully saturated rings. The van der Waals surface area contributed by atoms with Crippen LogP contribution in [-0.4, -0.2) is 64.6 Å². The number of amides is 5. The number of Topliss-reactive ketones (excluding diaryl/α,β-unsaturated/α-hetero) is 1. The maximum atomic E-state index is 14.2. The summed E-state index contributed by atoms with van der Waals surface area (Å²) in [5.41, 5.74) is 4.74. The highest BCUT2D eigenvalue weighted by Gasteiger charge is 2.69. The monoisotopic (exact) mass is 545 g/mol. The molecule has 0 unspecified atom stereocenters. The molecule has 1 saturated heterocycles. The minimum absolute atomic E-state index is 0.00609. The van der Waals surface area contributed by atoms with Crippen molar-refractivity contribution in [1.82, 2.24) is 20.9 Å². The molecule has 0 spiro atoms. The maximum Gasteiger partial charge on any atom is 0.315 e. The predicted octanol–water partition coefficient (Wildman–Crippen LogP) is 2.25. The smallest absolute Gasteiger partial charge is 0.315 e. The maximum absolute atomic E-state index is 14.2. The number of rotatable bonds is 9. The molecular formula is C29H47N5O5. The van der Waals surface area contributed by atoms with Gasteiger partial charge in [0.25, 0.3) is 5.91 Å². The lowest BCUT2D eigenvalue weighted by Gasteiger charge is -2.37. The van der Waals surface area contributed by atoms with Gasteiger partial charge in [-0.25, -0.2) is 4.79 Å². The van der Waals surface area contributed by atoms with Crippen LogP contribution in [0.15, 0.2) is 0 Å². The summed E-state index contributed by atoms with van der Waals surface area (Å²) < 4.78 is 0. The average molecular weight is 546 g/mol. The number of carbonyl (C=O) groups excluding carboxylic acids is 5. The highest BCUT2D eigenvalue weighted by atomic mass is 16.2. The SMILES string of the molecule is CC(C)(C)NC(=O)N[C@H](C(=O)N1C[C@H]2[C@@H]([C@H]1C(=O)N[C@@H](CC1CCC1)C(=O)C(N)=O)C2(C)C)C1CCCCC1. The summed E-state index contributed by atoms with van der Waals surface area (Å²) in [5.74, 6) is -2.14. The minimum atomic E-state index is -1.06. The number of primary amides is 1. The number of hydrogen-bond acceptors (Lipinski definition) is 5. The molecule has 0 radical (unpaired) electrons. The number of piperidine rings is 1. The van der Waals surface area contributed by atoms with E-state index in [-0.39, 0.29) is 35.0 Å². The molecule has 0 aromatic heterocycles. The Kier molecular flexibility index (Phi) is 8.34. The second-order valence-corrected chi connectivity index (χ2v) is 13.9. The summed E-state index contributed by atoms with van der Waals surface area (Å²) >= 11 is 0. The van der Waals surface area contributed by atoms with Crippen LogP contribution < -0.4 is 21.7 Å². The van der Waals surface area contributed by atoms with Crippen molar-refractivity contribution < 1.29 is 24.0 Å². The van der Waals surface area contributed by atoms with Crippen molar-refractivity contribution >= 4 is 29.5 Å². The second-order valence-electron chi connectivity index (χ2n) is 13.9. The van der Waals surface area contributed by atoms with Gasteiger partial charge in [-0.2, -0.15) is 0 Å². The van der Waals surface area contributed by atoms with E-state index in [4.69, 9.17) is 5.73 Å². The van der Waals surface area contributed by atoms with Crippen LogP contribution in [0.2, 0.25) is 0 Å². The molecule has 5 N–H and O–H groups in total. The van der Waals surface area contributed by atoms with Gasteiger partial charge in [-0.1, -0.05) is 52.4 Å². The minimum Gasteiger partial charge on any atom is -0.363 e. The van der Waals surface area contributed by atoms with Crippen LogP contribution in [0.1, 0.15) is 92.4 Å². The summed E-state index contributed by atoms with van der Waals surface area (Å²) in [6, 6.07) is -2.88. The highest BCUT2D eigenvalue weighted by Crippen LogP contribution is 2.65. The molecule has 3 aliphatic carbocycles. The number of nitrogens with two attached hydrogens (primary N) is 1. The molecule has 5 amide bonds. The van der Waals surface area contributed by atoms with E-state index < -0.39 is 47.3 Å². The van der Waals surface area contributed by atoms with Gasteiger partial charge < -0.3 is 26.6 Å². The van der Waals surface area contributed by atoms with Gasteiger partial charge in [-0.15, -0.1) is 0 Å².